The summed E-state index contributed by atoms with van der Waals surface area (Å²) in [4.78, 5) is 0. The fourth-order valence-electron chi connectivity index (χ4n) is 2.75. The first-order valence-electron chi connectivity index (χ1n) is 6.90. The minimum atomic E-state index is -0.194. The van der Waals surface area contributed by atoms with Crippen LogP contribution in [0.25, 0.3) is 0 Å². The summed E-state index contributed by atoms with van der Waals surface area (Å²) in [6.45, 7) is 2.28. The molecule has 2 atom stereocenters. The van der Waals surface area contributed by atoms with E-state index in [2.05, 4.69) is 28.2 Å². The van der Waals surface area contributed by atoms with Gasteiger partial charge in [-0.2, -0.15) is 0 Å². The van der Waals surface area contributed by atoms with Crippen LogP contribution in [0.2, 0.25) is 0 Å². The van der Waals surface area contributed by atoms with Gasteiger partial charge < -0.3 is 5.32 Å². The Morgan fingerprint density at radius 2 is 2.11 bits per heavy atom. The van der Waals surface area contributed by atoms with Crippen LogP contribution in [0.1, 0.15) is 45.4 Å². The third-order valence-corrected chi connectivity index (χ3v) is 4.60. The summed E-state index contributed by atoms with van der Waals surface area (Å²) in [5.41, 5.74) is 0.899. The molecule has 0 aromatic heterocycles. The number of halogens is 2. The van der Waals surface area contributed by atoms with Crippen LogP contribution >= 0.6 is 15.9 Å². The van der Waals surface area contributed by atoms with Gasteiger partial charge in [-0.15, -0.1) is 0 Å². The first-order chi connectivity index (χ1) is 8.69. The minimum absolute atomic E-state index is 0.194. The summed E-state index contributed by atoms with van der Waals surface area (Å²) < 4.78 is 14.0. The van der Waals surface area contributed by atoms with Crippen LogP contribution in [0, 0.1) is 11.7 Å². The molecule has 0 radical (unpaired) electrons. The third kappa shape index (κ3) is 3.71. The Morgan fingerprint density at radius 1 is 1.28 bits per heavy atom. The molecule has 1 aliphatic rings. The lowest BCUT2D eigenvalue weighted by molar-refractivity contribution is 0.444. The van der Waals surface area contributed by atoms with Crippen molar-refractivity contribution in [2.24, 2.45) is 5.92 Å². The molecule has 2 unspecified atom stereocenters. The Morgan fingerprint density at radius 3 is 2.83 bits per heavy atom. The number of hydrogen-bond acceptors (Lipinski definition) is 1. The van der Waals surface area contributed by atoms with Gasteiger partial charge in [0.15, 0.2) is 0 Å². The topological polar surface area (TPSA) is 12.0 Å². The van der Waals surface area contributed by atoms with Crippen molar-refractivity contribution in [2.75, 3.05) is 5.32 Å². The van der Waals surface area contributed by atoms with E-state index < -0.39 is 0 Å². The zero-order chi connectivity index (χ0) is 13.0. The van der Waals surface area contributed by atoms with Crippen molar-refractivity contribution < 1.29 is 4.39 Å². The first kappa shape index (κ1) is 13.9. The summed E-state index contributed by atoms with van der Waals surface area (Å²) >= 11 is 3.18. The third-order valence-electron chi connectivity index (χ3n) is 3.96. The van der Waals surface area contributed by atoms with Crippen LogP contribution in [-0.2, 0) is 0 Å². The van der Waals surface area contributed by atoms with E-state index in [-0.39, 0.29) is 5.82 Å². The van der Waals surface area contributed by atoms with Gasteiger partial charge in [-0.1, -0.05) is 26.2 Å². The molecule has 1 aromatic carbocycles. The van der Waals surface area contributed by atoms with Gasteiger partial charge in [0, 0.05) is 11.7 Å². The molecule has 3 heteroatoms. The molecule has 1 fully saturated rings. The molecule has 0 heterocycles. The van der Waals surface area contributed by atoms with Crippen LogP contribution in [-0.4, -0.2) is 6.04 Å². The average molecular weight is 314 g/mol. The Hall–Kier alpha value is -0.570. The lowest BCUT2D eigenvalue weighted by Gasteiger charge is -2.18. The summed E-state index contributed by atoms with van der Waals surface area (Å²) in [6.07, 6.45) is 7.63. The van der Waals surface area contributed by atoms with Crippen molar-refractivity contribution in [3.05, 3.63) is 28.5 Å². The zero-order valence-electron chi connectivity index (χ0n) is 10.9. The van der Waals surface area contributed by atoms with Crippen LogP contribution in [0.3, 0.4) is 0 Å². The first-order valence-corrected chi connectivity index (χ1v) is 7.70. The molecule has 18 heavy (non-hydrogen) atoms. The van der Waals surface area contributed by atoms with Crippen LogP contribution < -0.4 is 5.32 Å². The molecule has 0 bridgehead atoms. The van der Waals surface area contributed by atoms with Crippen molar-refractivity contribution in [1.82, 2.24) is 0 Å². The Kier molecular flexibility index (Phi) is 5.04. The van der Waals surface area contributed by atoms with Crippen molar-refractivity contribution in [1.29, 1.82) is 0 Å². The molecular weight excluding hydrogens is 293 g/mol. The standard InChI is InChI=1S/C15H21BrFN/c1-2-11-4-3-5-12(7-6-11)18-13-8-9-14(16)15(17)10-13/h8-12,18H,2-7H2,1H3. The smallest absolute Gasteiger partial charge is 0.139 e. The number of nitrogens with one attached hydrogen (secondary N) is 1. The summed E-state index contributed by atoms with van der Waals surface area (Å²) in [5, 5.41) is 3.47. The molecule has 1 N–H and O–H groups in total. The lowest BCUT2D eigenvalue weighted by atomic mass is 9.98. The number of hydrogen-bond donors (Lipinski definition) is 1. The van der Waals surface area contributed by atoms with Gasteiger partial charge in [0.25, 0.3) is 0 Å². The maximum Gasteiger partial charge on any atom is 0.139 e. The zero-order valence-corrected chi connectivity index (χ0v) is 12.5. The van der Waals surface area contributed by atoms with Gasteiger partial charge in [-0.05, 0) is 59.3 Å². The lowest BCUT2D eigenvalue weighted by Crippen LogP contribution is -2.18. The molecule has 1 aromatic rings. The van der Waals surface area contributed by atoms with Gasteiger partial charge in [0.1, 0.15) is 5.82 Å². The number of benzene rings is 1. The maximum absolute atomic E-state index is 13.4. The van der Waals surface area contributed by atoms with Gasteiger partial charge >= 0.3 is 0 Å². The molecule has 0 amide bonds. The van der Waals surface area contributed by atoms with E-state index in [1.165, 1.54) is 38.5 Å². The average Bonchev–Trinajstić information content (AvgIpc) is 2.59. The van der Waals surface area contributed by atoms with Gasteiger partial charge in [0.2, 0.25) is 0 Å². The normalized spacial score (nSPS) is 24.6. The summed E-state index contributed by atoms with van der Waals surface area (Å²) in [7, 11) is 0. The predicted octanol–water partition coefficient (Wildman–Crippen LogP) is 5.36. The largest absolute Gasteiger partial charge is 0.382 e. The van der Waals surface area contributed by atoms with E-state index in [9.17, 15) is 4.39 Å². The van der Waals surface area contributed by atoms with E-state index in [0.29, 0.717) is 10.5 Å². The molecule has 100 valence electrons. The quantitative estimate of drug-likeness (QED) is 0.741. The SMILES string of the molecule is CCC1CCCC(Nc2ccc(Br)c(F)c2)CC1. The highest BCUT2D eigenvalue weighted by Gasteiger charge is 2.17. The van der Waals surface area contributed by atoms with E-state index in [1.54, 1.807) is 12.1 Å². The Labute approximate surface area is 117 Å². The number of anilines is 1. The second-order valence-corrected chi connectivity index (χ2v) is 6.11. The van der Waals surface area contributed by atoms with Crippen molar-refractivity contribution in [3.63, 3.8) is 0 Å². The molecule has 0 spiro atoms. The van der Waals surface area contributed by atoms with E-state index in [0.717, 1.165) is 11.6 Å². The summed E-state index contributed by atoms with van der Waals surface area (Å²) in [6, 6.07) is 5.78. The van der Waals surface area contributed by atoms with Crippen molar-refractivity contribution in [3.8, 4) is 0 Å². The highest BCUT2D eigenvalue weighted by Crippen LogP contribution is 2.28. The van der Waals surface area contributed by atoms with Crippen molar-refractivity contribution in [2.45, 2.75) is 51.5 Å². The molecule has 1 nitrogen and oxygen atoms in total. The van der Waals surface area contributed by atoms with E-state index >= 15 is 0 Å². The monoisotopic (exact) mass is 313 g/mol. The minimum Gasteiger partial charge on any atom is -0.382 e. The van der Waals surface area contributed by atoms with Gasteiger partial charge in [-0.3, -0.25) is 0 Å². The molecule has 1 saturated carbocycles. The molecule has 2 rings (SSSR count). The highest BCUT2D eigenvalue weighted by atomic mass is 79.9. The maximum atomic E-state index is 13.4. The van der Waals surface area contributed by atoms with Crippen LogP contribution in [0.15, 0.2) is 22.7 Å². The Balaban J connectivity index is 1.94. The second-order valence-electron chi connectivity index (χ2n) is 5.25. The van der Waals surface area contributed by atoms with E-state index in [4.69, 9.17) is 0 Å². The molecular formula is C15H21BrFN. The molecule has 0 aliphatic heterocycles. The number of rotatable bonds is 3. The fraction of sp³-hybridized carbons (Fsp3) is 0.600. The molecule has 0 saturated heterocycles. The second kappa shape index (κ2) is 6.55. The van der Waals surface area contributed by atoms with Crippen LogP contribution in [0.5, 0.6) is 0 Å². The van der Waals surface area contributed by atoms with Gasteiger partial charge in [0.05, 0.1) is 4.47 Å². The van der Waals surface area contributed by atoms with Crippen LogP contribution in [0.4, 0.5) is 10.1 Å². The fourth-order valence-corrected chi connectivity index (χ4v) is 3.00. The Bertz CT molecular complexity index is 394. The predicted molar refractivity (Wildman–Crippen MR) is 78.4 cm³/mol. The highest BCUT2D eigenvalue weighted by molar-refractivity contribution is 9.10. The van der Waals surface area contributed by atoms with E-state index in [1.807, 2.05) is 6.07 Å². The van der Waals surface area contributed by atoms with Gasteiger partial charge in [-0.25, -0.2) is 4.39 Å². The summed E-state index contributed by atoms with van der Waals surface area (Å²) in [5.74, 6) is 0.693. The van der Waals surface area contributed by atoms with Crippen molar-refractivity contribution >= 4 is 21.6 Å². The molecule has 1 aliphatic carbocycles.